The molecule has 112 valence electrons. The van der Waals surface area contributed by atoms with Gasteiger partial charge in [-0.1, -0.05) is 30.3 Å². The molecule has 4 heteroatoms. The Morgan fingerprint density at radius 1 is 1.14 bits per heavy atom. The van der Waals surface area contributed by atoms with E-state index in [0.29, 0.717) is 12.2 Å². The van der Waals surface area contributed by atoms with Crippen LogP contribution in [0, 0.1) is 12.7 Å². The van der Waals surface area contributed by atoms with Crippen LogP contribution in [0.4, 0.5) is 4.39 Å². The summed E-state index contributed by atoms with van der Waals surface area (Å²) in [6.07, 6.45) is 0. The van der Waals surface area contributed by atoms with Crippen molar-refractivity contribution in [3.8, 4) is 0 Å². The zero-order valence-corrected chi connectivity index (χ0v) is 12.6. The number of aryl methyl sites for hydroxylation is 2. The zero-order chi connectivity index (χ0) is 15.7. The summed E-state index contributed by atoms with van der Waals surface area (Å²) in [6, 6.07) is 14.1. The summed E-state index contributed by atoms with van der Waals surface area (Å²) < 4.78 is 14.8. The number of amides is 1. The van der Waals surface area contributed by atoms with Crippen LogP contribution in [0.5, 0.6) is 0 Å². The normalized spacial score (nSPS) is 10.9. The number of rotatable bonds is 3. The van der Waals surface area contributed by atoms with Crippen molar-refractivity contribution in [3.63, 3.8) is 0 Å². The largest absolute Gasteiger partial charge is 0.347 e. The third-order valence-corrected chi connectivity index (χ3v) is 3.94. The third kappa shape index (κ3) is 2.48. The molecular formula is C18H17FN2O. The lowest BCUT2D eigenvalue weighted by Crippen LogP contribution is -2.25. The third-order valence-electron chi connectivity index (χ3n) is 3.94. The highest BCUT2D eigenvalue weighted by Gasteiger charge is 2.17. The van der Waals surface area contributed by atoms with E-state index in [1.54, 1.807) is 12.1 Å². The van der Waals surface area contributed by atoms with Crippen molar-refractivity contribution in [2.45, 2.75) is 13.5 Å². The van der Waals surface area contributed by atoms with Crippen molar-refractivity contribution >= 4 is 16.8 Å². The van der Waals surface area contributed by atoms with E-state index in [-0.39, 0.29) is 11.7 Å². The Kier molecular flexibility index (Phi) is 3.67. The van der Waals surface area contributed by atoms with Crippen molar-refractivity contribution < 1.29 is 9.18 Å². The van der Waals surface area contributed by atoms with Gasteiger partial charge >= 0.3 is 0 Å². The minimum absolute atomic E-state index is 0.125. The fourth-order valence-corrected chi connectivity index (χ4v) is 2.77. The van der Waals surface area contributed by atoms with Crippen LogP contribution in [0.2, 0.25) is 0 Å². The predicted molar refractivity (Wildman–Crippen MR) is 85.2 cm³/mol. The molecule has 3 rings (SSSR count). The van der Waals surface area contributed by atoms with Gasteiger partial charge in [-0.05, 0) is 36.2 Å². The van der Waals surface area contributed by atoms with Crippen LogP contribution >= 0.6 is 0 Å². The van der Waals surface area contributed by atoms with E-state index in [4.69, 9.17) is 0 Å². The number of nitrogens with one attached hydrogen (secondary N) is 1. The summed E-state index contributed by atoms with van der Waals surface area (Å²) in [4.78, 5) is 12.5. The molecule has 1 aromatic heterocycles. The molecule has 2 aromatic carbocycles. The molecule has 3 aromatic rings. The Hall–Kier alpha value is -2.62. The molecule has 0 radical (unpaired) electrons. The van der Waals surface area contributed by atoms with Gasteiger partial charge in [0.1, 0.15) is 11.5 Å². The quantitative estimate of drug-likeness (QED) is 0.788. The van der Waals surface area contributed by atoms with E-state index in [2.05, 4.69) is 5.32 Å². The highest BCUT2D eigenvalue weighted by atomic mass is 19.1. The van der Waals surface area contributed by atoms with E-state index in [0.717, 1.165) is 22.0 Å². The maximum Gasteiger partial charge on any atom is 0.268 e. The van der Waals surface area contributed by atoms with Crippen LogP contribution in [0.25, 0.3) is 10.9 Å². The molecule has 22 heavy (non-hydrogen) atoms. The van der Waals surface area contributed by atoms with Crippen molar-refractivity contribution in [3.05, 3.63) is 71.2 Å². The molecule has 1 amide bonds. The smallest absolute Gasteiger partial charge is 0.268 e. The van der Waals surface area contributed by atoms with Crippen molar-refractivity contribution in [1.82, 2.24) is 9.88 Å². The fourth-order valence-electron chi connectivity index (χ4n) is 2.77. The maximum absolute atomic E-state index is 12.9. The molecule has 1 heterocycles. The van der Waals surface area contributed by atoms with Gasteiger partial charge < -0.3 is 9.88 Å². The van der Waals surface area contributed by atoms with Crippen LogP contribution in [-0.4, -0.2) is 10.5 Å². The fraction of sp³-hybridized carbons (Fsp3) is 0.167. The lowest BCUT2D eigenvalue weighted by molar-refractivity contribution is 0.0942. The molecule has 0 bridgehead atoms. The Morgan fingerprint density at radius 2 is 1.82 bits per heavy atom. The summed E-state index contributed by atoms with van der Waals surface area (Å²) in [5.74, 6) is -0.403. The average molecular weight is 296 g/mol. The molecule has 0 atom stereocenters. The molecule has 0 fully saturated rings. The maximum atomic E-state index is 12.9. The van der Waals surface area contributed by atoms with E-state index in [9.17, 15) is 9.18 Å². The first-order chi connectivity index (χ1) is 10.6. The zero-order valence-electron chi connectivity index (χ0n) is 12.6. The summed E-state index contributed by atoms with van der Waals surface area (Å²) in [7, 11) is 1.89. The van der Waals surface area contributed by atoms with Crippen LogP contribution in [0.1, 0.15) is 21.6 Å². The highest BCUT2D eigenvalue weighted by molar-refractivity contribution is 6.01. The van der Waals surface area contributed by atoms with Gasteiger partial charge in [0, 0.05) is 24.5 Å². The van der Waals surface area contributed by atoms with E-state index < -0.39 is 0 Å². The average Bonchev–Trinajstić information content (AvgIpc) is 2.79. The Morgan fingerprint density at radius 3 is 2.50 bits per heavy atom. The summed E-state index contributed by atoms with van der Waals surface area (Å²) in [5.41, 5.74) is 3.52. The Balaban J connectivity index is 1.85. The summed E-state index contributed by atoms with van der Waals surface area (Å²) in [5, 5.41) is 3.98. The number of carbonyl (C=O) groups excluding carboxylic acids is 1. The van der Waals surface area contributed by atoms with E-state index in [1.165, 1.54) is 12.1 Å². The number of carbonyl (C=O) groups is 1. The summed E-state index contributed by atoms with van der Waals surface area (Å²) >= 11 is 0. The van der Waals surface area contributed by atoms with Gasteiger partial charge in [0.05, 0.1) is 0 Å². The van der Waals surface area contributed by atoms with E-state index in [1.807, 2.05) is 42.8 Å². The molecule has 0 aliphatic rings. The second kappa shape index (κ2) is 5.64. The first kappa shape index (κ1) is 14.3. The molecule has 0 aliphatic carbocycles. The lowest BCUT2D eigenvalue weighted by atomic mass is 10.1. The van der Waals surface area contributed by atoms with Crippen LogP contribution in [-0.2, 0) is 13.6 Å². The van der Waals surface area contributed by atoms with Gasteiger partial charge in [0.2, 0.25) is 0 Å². The highest BCUT2D eigenvalue weighted by Crippen LogP contribution is 2.24. The number of hydrogen-bond acceptors (Lipinski definition) is 1. The second-order valence-electron chi connectivity index (χ2n) is 5.36. The minimum Gasteiger partial charge on any atom is -0.347 e. The minimum atomic E-state index is -0.278. The van der Waals surface area contributed by atoms with E-state index >= 15 is 0 Å². The first-order valence-electron chi connectivity index (χ1n) is 7.14. The van der Waals surface area contributed by atoms with Crippen molar-refractivity contribution in [2.24, 2.45) is 7.05 Å². The molecule has 1 N–H and O–H groups in total. The first-order valence-corrected chi connectivity index (χ1v) is 7.14. The van der Waals surface area contributed by atoms with Crippen LogP contribution in [0.15, 0.2) is 48.5 Å². The van der Waals surface area contributed by atoms with Crippen molar-refractivity contribution in [1.29, 1.82) is 0 Å². The molecule has 0 unspecified atom stereocenters. The van der Waals surface area contributed by atoms with Crippen LogP contribution < -0.4 is 5.32 Å². The molecule has 0 aliphatic heterocycles. The topological polar surface area (TPSA) is 34.0 Å². The monoisotopic (exact) mass is 296 g/mol. The van der Waals surface area contributed by atoms with Gasteiger partial charge in [-0.25, -0.2) is 4.39 Å². The number of benzene rings is 2. The standard InChI is InChI=1S/C18H17FN2O/c1-12-15-5-3-4-6-16(15)21(2)17(12)18(22)20-11-13-7-9-14(19)10-8-13/h3-10H,11H2,1-2H3,(H,20,22). The number of hydrogen-bond donors (Lipinski definition) is 1. The number of para-hydroxylation sites is 1. The second-order valence-corrected chi connectivity index (χ2v) is 5.36. The molecule has 3 nitrogen and oxygen atoms in total. The van der Waals surface area contributed by atoms with Gasteiger partial charge in [-0.15, -0.1) is 0 Å². The predicted octanol–water partition coefficient (Wildman–Crippen LogP) is 3.56. The molecule has 0 spiro atoms. The number of fused-ring (bicyclic) bond motifs is 1. The van der Waals surface area contributed by atoms with Gasteiger partial charge in [0.15, 0.2) is 0 Å². The summed E-state index contributed by atoms with van der Waals surface area (Å²) in [6.45, 7) is 2.33. The number of halogens is 1. The SMILES string of the molecule is Cc1c(C(=O)NCc2ccc(F)cc2)n(C)c2ccccc12. The van der Waals surface area contributed by atoms with Crippen LogP contribution in [0.3, 0.4) is 0 Å². The molecular weight excluding hydrogens is 279 g/mol. The Bertz CT molecular complexity index is 795. The number of aromatic nitrogens is 1. The van der Waals surface area contributed by atoms with Crippen molar-refractivity contribution in [2.75, 3.05) is 0 Å². The Labute approximate surface area is 128 Å². The molecule has 0 saturated heterocycles. The van der Waals surface area contributed by atoms with Gasteiger partial charge in [-0.3, -0.25) is 4.79 Å². The lowest BCUT2D eigenvalue weighted by Gasteiger charge is -2.08. The van der Waals surface area contributed by atoms with Gasteiger partial charge in [-0.2, -0.15) is 0 Å². The van der Waals surface area contributed by atoms with Gasteiger partial charge in [0.25, 0.3) is 5.91 Å². The number of nitrogens with zero attached hydrogens (tertiary/aromatic N) is 1. The molecule has 0 saturated carbocycles.